The zero-order valence-electron chi connectivity index (χ0n) is 10.6. The predicted molar refractivity (Wildman–Crippen MR) is 74.6 cm³/mol. The number of tetrazole rings is 1. The first kappa shape index (κ1) is 12.4. The van der Waals surface area contributed by atoms with E-state index in [1.807, 2.05) is 10.7 Å². The van der Waals surface area contributed by atoms with Crippen molar-refractivity contribution in [1.82, 2.24) is 20.2 Å². The van der Waals surface area contributed by atoms with Crippen LogP contribution in [0.3, 0.4) is 0 Å². The number of benzene rings is 1. The minimum absolute atomic E-state index is 0.619. The molecule has 2 aromatic rings. The molecule has 100 valence electrons. The molecule has 0 saturated heterocycles. The van der Waals surface area contributed by atoms with Crippen molar-refractivity contribution in [3.05, 3.63) is 23.2 Å². The highest BCUT2D eigenvalue weighted by molar-refractivity contribution is 6.33. The summed E-state index contributed by atoms with van der Waals surface area (Å²) in [6, 6.07) is 5.36. The second kappa shape index (κ2) is 5.17. The smallest absolute Gasteiger partial charge is 0.183 e. The van der Waals surface area contributed by atoms with Gasteiger partial charge in [0.05, 0.1) is 5.02 Å². The molecule has 1 aliphatic rings. The van der Waals surface area contributed by atoms with Gasteiger partial charge in [-0.1, -0.05) is 30.9 Å². The molecule has 0 atom stereocenters. The van der Waals surface area contributed by atoms with Crippen LogP contribution in [0.4, 0.5) is 5.69 Å². The number of nitrogens with zero attached hydrogens (tertiary/aromatic N) is 4. The third kappa shape index (κ3) is 2.56. The molecule has 5 nitrogen and oxygen atoms in total. The molecule has 1 aliphatic carbocycles. The van der Waals surface area contributed by atoms with Crippen molar-refractivity contribution >= 4 is 17.3 Å². The first-order chi connectivity index (χ1) is 9.24. The Kier molecular flexibility index (Phi) is 3.38. The highest BCUT2D eigenvalue weighted by Crippen LogP contribution is 2.31. The number of rotatable bonds is 4. The van der Waals surface area contributed by atoms with Gasteiger partial charge in [-0.25, -0.2) is 4.68 Å². The van der Waals surface area contributed by atoms with E-state index < -0.39 is 0 Å². The average molecular weight is 278 g/mol. The van der Waals surface area contributed by atoms with Gasteiger partial charge >= 0.3 is 0 Å². The van der Waals surface area contributed by atoms with Crippen molar-refractivity contribution in [2.75, 3.05) is 5.73 Å². The van der Waals surface area contributed by atoms with Crippen molar-refractivity contribution in [2.45, 2.75) is 32.2 Å². The molecule has 1 aromatic carbocycles. The number of aromatic nitrogens is 4. The van der Waals surface area contributed by atoms with Crippen LogP contribution >= 0.6 is 11.6 Å². The lowest BCUT2D eigenvalue weighted by Crippen LogP contribution is -2.15. The monoisotopic (exact) mass is 277 g/mol. The summed E-state index contributed by atoms with van der Waals surface area (Å²) in [5, 5.41) is 12.5. The molecule has 1 heterocycles. The number of anilines is 1. The SMILES string of the molecule is Nc1ccc(Cl)c(-c2nnnn2CCC2CCC2)c1. The Labute approximate surface area is 116 Å². The Hall–Kier alpha value is -1.62. The molecule has 6 heteroatoms. The van der Waals surface area contributed by atoms with Crippen LogP contribution in [0.5, 0.6) is 0 Å². The summed E-state index contributed by atoms with van der Waals surface area (Å²) in [5.41, 5.74) is 7.25. The van der Waals surface area contributed by atoms with E-state index >= 15 is 0 Å². The van der Waals surface area contributed by atoms with Crippen LogP contribution < -0.4 is 5.73 Å². The van der Waals surface area contributed by atoms with E-state index in [2.05, 4.69) is 15.5 Å². The predicted octanol–water partition coefficient (Wildman–Crippen LogP) is 2.77. The molecular formula is C13H16ClN5. The summed E-state index contributed by atoms with van der Waals surface area (Å²) in [7, 11) is 0. The summed E-state index contributed by atoms with van der Waals surface area (Å²) < 4.78 is 1.82. The fourth-order valence-corrected chi connectivity index (χ4v) is 2.55. The number of nitrogen functional groups attached to an aromatic ring is 1. The van der Waals surface area contributed by atoms with Gasteiger partial charge in [0.25, 0.3) is 0 Å². The van der Waals surface area contributed by atoms with Gasteiger partial charge in [0, 0.05) is 17.8 Å². The molecule has 0 unspecified atom stereocenters. The molecule has 0 aliphatic heterocycles. The second-order valence-corrected chi connectivity index (χ2v) is 5.46. The third-order valence-corrected chi connectivity index (χ3v) is 4.07. The number of nitrogens with two attached hydrogens (primary N) is 1. The van der Waals surface area contributed by atoms with Crippen LogP contribution in [-0.2, 0) is 6.54 Å². The molecule has 2 N–H and O–H groups in total. The molecule has 1 saturated carbocycles. The van der Waals surface area contributed by atoms with Crippen LogP contribution in [0.15, 0.2) is 18.2 Å². The molecule has 0 amide bonds. The molecule has 0 spiro atoms. The highest BCUT2D eigenvalue weighted by Gasteiger charge is 2.19. The lowest BCUT2D eigenvalue weighted by molar-refractivity contribution is 0.277. The third-order valence-electron chi connectivity index (χ3n) is 3.74. The topological polar surface area (TPSA) is 69.6 Å². The van der Waals surface area contributed by atoms with Crippen molar-refractivity contribution < 1.29 is 0 Å². The van der Waals surface area contributed by atoms with E-state index in [0.717, 1.165) is 24.4 Å². The molecule has 0 radical (unpaired) electrons. The zero-order valence-corrected chi connectivity index (χ0v) is 11.3. The molecular weight excluding hydrogens is 262 g/mol. The zero-order chi connectivity index (χ0) is 13.2. The van der Waals surface area contributed by atoms with Crippen LogP contribution in [-0.4, -0.2) is 20.2 Å². The summed E-state index contributed by atoms with van der Waals surface area (Å²) in [5.74, 6) is 1.52. The Morgan fingerprint density at radius 3 is 2.95 bits per heavy atom. The second-order valence-electron chi connectivity index (χ2n) is 5.05. The van der Waals surface area contributed by atoms with Crippen molar-refractivity contribution in [1.29, 1.82) is 0 Å². The first-order valence-corrected chi connectivity index (χ1v) is 6.93. The Morgan fingerprint density at radius 1 is 1.37 bits per heavy atom. The Balaban J connectivity index is 1.83. The first-order valence-electron chi connectivity index (χ1n) is 6.55. The lowest BCUT2D eigenvalue weighted by Gasteiger charge is -2.24. The maximum absolute atomic E-state index is 6.20. The van der Waals surface area contributed by atoms with Crippen LogP contribution in [0.1, 0.15) is 25.7 Å². The van der Waals surface area contributed by atoms with Gasteiger partial charge in [0.2, 0.25) is 0 Å². The summed E-state index contributed by atoms with van der Waals surface area (Å²) in [6.45, 7) is 0.831. The van der Waals surface area contributed by atoms with E-state index in [1.54, 1.807) is 12.1 Å². The van der Waals surface area contributed by atoms with Gasteiger partial charge in [0.1, 0.15) is 0 Å². The van der Waals surface area contributed by atoms with Gasteiger partial charge in [0.15, 0.2) is 5.82 Å². The van der Waals surface area contributed by atoms with Gasteiger partial charge in [-0.3, -0.25) is 0 Å². The molecule has 19 heavy (non-hydrogen) atoms. The summed E-state index contributed by atoms with van der Waals surface area (Å²) >= 11 is 6.20. The maximum Gasteiger partial charge on any atom is 0.183 e. The normalized spacial score (nSPS) is 15.4. The van der Waals surface area contributed by atoms with E-state index in [1.165, 1.54) is 19.3 Å². The highest BCUT2D eigenvalue weighted by atomic mass is 35.5. The van der Waals surface area contributed by atoms with E-state index in [-0.39, 0.29) is 0 Å². The van der Waals surface area contributed by atoms with Crippen molar-refractivity contribution in [2.24, 2.45) is 5.92 Å². The van der Waals surface area contributed by atoms with Gasteiger partial charge < -0.3 is 5.73 Å². The molecule has 1 fully saturated rings. The average Bonchev–Trinajstić information content (AvgIpc) is 2.78. The fraction of sp³-hybridized carbons (Fsp3) is 0.462. The van der Waals surface area contributed by atoms with Crippen molar-refractivity contribution in [3.63, 3.8) is 0 Å². The minimum Gasteiger partial charge on any atom is -0.399 e. The number of hydrogen-bond donors (Lipinski definition) is 1. The lowest BCUT2D eigenvalue weighted by atomic mass is 9.83. The number of halogens is 1. The fourth-order valence-electron chi connectivity index (χ4n) is 2.35. The van der Waals surface area contributed by atoms with Gasteiger partial charge in [-0.05, 0) is 41.0 Å². The largest absolute Gasteiger partial charge is 0.399 e. The Morgan fingerprint density at radius 2 is 2.21 bits per heavy atom. The molecule has 1 aromatic heterocycles. The van der Waals surface area contributed by atoms with Crippen molar-refractivity contribution in [3.8, 4) is 11.4 Å². The molecule has 0 bridgehead atoms. The summed E-state index contributed by atoms with van der Waals surface area (Å²) in [4.78, 5) is 0. The number of aryl methyl sites for hydroxylation is 1. The Bertz CT molecular complexity index is 576. The standard InChI is InChI=1S/C13H16ClN5/c14-12-5-4-10(15)8-11(12)13-16-17-18-19(13)7-6-9-2-1-3-9/h4-5,8-9H,1-3,6-7,15H2. The number of hydrogen-bond acceptors (Lipinski definition) is 4. The van der Waals surface area contributed by atoms with Crippen LogP contribution in [0, 0.1) is 5.92 Å². The maximum atomic E-state index is 6.20. The molecule has 3 rings (SSSR count). The van der Waals surface area contributed by atoms with E-state index in [0.29, 0.717) is 16.5 Å². The quantitative estimate of drug-likeness (QED) is 0.873. The van der Waals surface area contributed by atoms with E-state index in [9.17, 15) is 0 Å². The van der Waals surface area contributed by atoms with E-state index in [4.69, 9.17) is 17.3 Å². The van der Waals surface area contributed by atoms with Crippen LogP contribution in [0.25, 0.3) is 11.4 Å². The summed E-state index contributed by atoms with van der Waals surface area (Å²) in [6.07, 6.45) is 5.14. The van der Waals surface area contributed by atoms with Gasteiger partial charge in [-0.2, -0.15) is 0 Å². The van der Waals surface area contributed by atoms with Gasteiger partial charge in [-0.15, -0.1) is 5.10 Å². The van der Waals surface area contributed by atoms with Crippen LogP contribution in [0.2, 0.25) is 5.02 Å². The minimum atomic E-state index is 0.619.